The first kappa shape index (κ1) is 17.2. The summed E-state index contributed by atoms with van der Waals surface area (Å²) in [5, 5.41) is 2.54. The van der Waals surface area contributed by atoms with Crippen LogP contribution < -0.4 is 5.32 Å². The van der Waals surface area contributed by atoms with E-state index in [1.807, 2.05) is 0 Å². The lowest BCUT2D eigenvalue weighted by atomic mass is 10.1. The van der Waals surface area contributed by atoms with Crippen LogP contribution in [0.1, 0.15) is 10.4 Å². The number of amides is 1. The number of nitrogens with one attached hydrogen (secondary N) is 1. The summed E-state index contributed by atoms with van der Waals surface area (Å²) in [5.41, 5.74) is 0.695. The number of halogens is 3. The van der Waals surface area contributed by atoms with E-state index in [0.717, 1.165) is 5.75 Å². The standard InChI is InChI=1S/C17H14ClF2NO2S/c18-13-6-12(2-4-14(13)19)21-17(22)11-1-3-15(20)16(5-11)24-9-10-7-23-8-10/h1-6,10H,7-9H2,(H,21,22). The van der Waals surface area contributed by atoms with Gasteiger partial charge in [-0.3, -0.25) is 4.79 Å². The molecule has 0 radical (unpaired) electrons. The summed E-state index contributed by atoms with van der Waals surface area (Å²) < 4.78 is 32.1. The molecule has 0 aromatic heterocycles. The SMILES string of the molecule is O=C(Nc1ccc(F)c(Cl)c1)c1ccc(F)c(SCC2COC2)c1. The van der Waals surface area contributed by atoms with E-state index in [4.69, 9.17) is 16.3 Å². The maximum atomic E-state index is 13.9. The molecule has 1 fully saturated rings. The summed E-state index contributed by atoms with van der Waals surface area (Å²) in [6.45, 7) is 1.39. The Morgan fingerprint density at radius 2 is 1.96 bits per heavy atom. The van der Waals surface area contributed by atoms with E-state index >= 15 is 0 Å². The Labute approximate surface area is 147 Å². The predicted octanol–water partition coefficient (Wildman–Crippen LogP) is 4.61. The maximum Gasteiger partial charge on any atom is 0.255 e. The van der Waals surface area contributed by atoms with E-state index in [-0.39, 0.29) is 10.8 Å². The predicted molar refractivity (Wildman–Crippen MR) is 90.8 cm³/mol. The van der Waals surface area contributed by atoms with Gasteiger partial charge in [0.2, 0.25) is 0 Å². The third-order valence-corrected chi connectivity index (χ3v) is 5.10. The van der Waals surface area contributed by atoms with E-state index in [9.17, 15) is 13.6 Å². The topological polar surface area (TPSA) is 38.3 Å². The van der Waals surface area contributed by atoms with Crippen LogP contribution in [0.5, 0.6) is 0 Å². The first-order valence-electron chi connectivity index (χ1n) is 7.29. The lowest BCUT2D eigenvalue weighted by molar-refractivity contribution is -0.0196. The van der Waals surface area contributed by atoms with Crippen molar-refractivity contribution >= 4 is 35.0 Å². The van der Waals surface area contributed by atoms with Crippen molar-refractivity contribution in [3.8, 4) is 0 Å². The minimum atomic E-state index is -0.560. The first-order chi connectivity index (χ1) is 11.5. The number of carbonyl (C=O) groups excluding carboxylic acids is 1. The molecule has 2 aromatic carbocycles. The molecule has 0 bridgehead atoms. The Kier molecular flexibility index (Phi) is 5.38. The van der Waals surface area contributed by atoms with E-state index in [1.54, 1.807) is 0 Å². The van der Waals surface area contributed by atoms with Crippen molar-refractivity contribution in [1.82, 2.24) is 0 Å². The molecule has 0 atom stereocenters. The number of hydrogen-bond donors (Lipinski definition) is 1. The zero-order valence-electron chi connectivity index (χ0n) is 12.5. The van der Waals surface area contributed by atoms with Crippen molar-refractivity contribution in [3.05, 3.63) is 58.6 Å². The van der Waals surface area contributed by atoms with Gasteiger partial charge in [-0.05, 0) is 36.4 Å². The van der Waals surface area contributed by atoms with Gasteiger partial charge < -0.3 is 10.1 Å². The zero-order chi connectivity index (χ0) is 17.1. The molecule has 24 heavy (non-hydrogen) atoms. The summed E-state index contributed by atoms with van der Waals surface area (Å²) in [4.78, 5) is 12.7. The number of rotatable bonds is 5. The Hall–Kier alpha value is -1.63. The second-order valence-corrected chi connectivity index (χ2v) is 6.91. The Morgan fingerprint density at radius 3 is 2.62 bits per heavy atom. The summed E-state index contributed by atoms with van der Waals surface area (Å²) >= 11 is 7.06. The van der Waals surface area contributed by atoms with Gasteiger partial charge in [-0.15, -0.1) is 11.8 Å². The van der Waals surface area contributed by atoms with Crippen molar-refractivity contribution < 1.29 is 18.3 Å². The summed E-state index contributed by atoms with van der Waals surface area (Å²) in [6, 6.07) is 8.10. The molecule has 3 nitrogen and oxygen atoms in total. The molecule has 1 saturated heterocycles. The highest BCUT2D eigenvalue weighted by Crippen LogP contribution is 2.28. The van der Waals surface area contributed by atoms with Gasteiger partial charge in [0, 0.05) is 27.8 Å². The fraction of sp³-hybridized carbons (Fsp3) is 0.235. The van der Waals surface area contributed by atoms with Crippen molar-refractivity contribution in [2.75, 3.05) is 24.3 Å². The van der Waals surface area contributed by atoms with Gasteiger partial charge in [-0.2, -0.15) is 0 Å². The molecule has 1 amide bonds. The lowest BCUT2D eigenvalue weighted by Crippen LogP contribution is -2.29. The Morgan fingerprint density at radius 1 is 1.21 bits per heavy atom. The van der Waals surface area contributed by atoms with Crippen LogP contribution in [0.3, 0.4) is 0 Å². The number of thioether (sulfide) groups is 1. The number of carbonyl (C=O) groups is 1. The first-order valence-corrected chi connectivity index (χ1v) is 8.66. The van der Waals surface area contributed by atoms with Crippen LogP contribution in [0, 0.1) is 17.6 Å². The van der Waals surface area contributed by atoms with Crippen LogP contribution in [0.25, 0.3) is 0 Å². The minimum absolute atomic E-state index is 0.0779. The highest BCUT2D eigenvalue weighted by molar-refractivity contribution is 7.99. The normalized spacial score (nSPS) is 14.3. The Balaban J connectivity index is 1.70. The molecule has 3 rings (SSSR count). The second-order valence-electron chi connectivity index (χ2n) is 5.44. The quantitative estimate of drug-likeness (QED) is 0.782. The largest absolute Gasteiger partial charge is 0.381 e. The molecule has 0 spiro atoms. The highest BCUT2D eigenvalue weighted by atomic mass is 35.5. The van der Waals surface area contributed by atoms with E-state index < -0.39 is 11.7 Å². The fourth-order valence-electron chi connectivity index (χ4n) is 2.12. The lowest BCUT2D eigenvalue weighted by Gasteiger charge is -2.25. The smallest absolute Gasteiger partial charge is 0.255 e. The van der Waals surface area contributed by atoms with E-state index in [2.05, 4.69) is 5.32 Å². The molecule has 126 valence electrons. The van der Waals surface area contributed by atoms with Gasteiger partial charge in [0.15, 0.2) is 0 Å². The average Bonchev–Trinajstić information content (AvgIpc) is 2.51. The molecule has 1 N–H and O–H groups in total. The van der Waals surface area contributed by atoms with Crippen molar-refractivity contribution in [3.63, 3.8) is 0 Å². The number of benzene rings is 2. The van der Waals surface area contributed by atoms with Gasteiger partial charge in [-0.1, -0.05) is 11.6 Å². The van der Waals surface area contributed by atoms with Crippen LogP contribution in [-0.4, -0.2) is 24.9 Å². The molecule has 7 heteroatoms. The van der Waals surface area contributed by atoms with Crippen molar-refractivity contribution in [2.45, 2.75) is 4.90 Å². The number of hydrogen-bond acceptors (Lipinski definition) is 3. The summed E-state index contributed by atoms with van der Waals surface area (Å²) in [5.74, 6) is -0.160. The molecule has 1 heterocycles. The van der Waals surface area contributed by atoms with Gasteiger partial charge >= 0.3 is 0 Å². The number of anilines is 1. The highest BCUT2D eigenvalue weighted by Gasteiger charge is 2.19. The van der Waals surface area contributed by atoms with Gasteiger partial charge in [0.1, 0.15) is 11.6 Å². The molecule has 0 unspecified atom stereocenters. The minimum Gasteiger partial charge on any atom is -0.381 e. The van der Waals surface area contributed by atoms with Crippen LogP contribution in [0.2, 0.25) is 5.02 Å². The van der Waals surface area contributed by atoms with E-state index in [1.165, 1.54) is 48.2 Å². The van der Waals surface area contributed by atoms with Crippen LogP contribution >= 0.6 is 23.4 Å². The number of ether oxygens (including phenoxy) is 1. The third kappa shape index (κ3) is 4.06. The molecule has 1 aliphatic rings. The monoisotopic (exact) mass is 369 g/mol. The Bertz CT molecular complexity index is 768. The maximum absolute atomic E-state index is 13.9. The molecule has 2 aromatic rings. The fourth-order valence-corrected chi connectivity index (χ4v) is 3.33. The summed E-state index contributed by atoms with van der Waals surface area (Å²) in [7, 11) is 0. The van der Waals surface area contributed by atoms with Crippen molar-refractivity contribution in [2.24, 2.45) is 5.92 Å². The van der Waals surface area contributed by atoms with Crippen LogP contribution in [0.4, 0.5) is 14.5 Å². The molecular formula is C17H14ClF2NO2S. The molecule has 0 aliphatic carbocycles. The summed E-state index contributed by atoms with van der Waals surface area (Å²) in [6.07, 6.45) is 0. The van der Waals surface area contributed by atoms with Gasteiger partial charge in [0.25, 0.3) is 5.91 Å². The molecular weight excluding hydrogens is 356 g/mol. The zero-order valence-corrected chi connectivity index (χ0v) is 14.1. The third-order valence-electron chi connectivity index (χ3n) is 3.55. The van der Waals surface area contributed by atoms with Crippen LogP contribution in [-0.2, 0) is 4.74 Å². The van der Waals surface area contributed by atoms with Crippen LogP contribution in [0.15, 0.2) is 41.3 Å². The second kappa shape index (κ2) is 7.51. The van der Waals surface area contributed by atoms with Gasteiger partial charge in [0.05, 0.1) is 18.2 Å². The molecule has 0 saturated carbocycles. The van der Waals surface area contributed by atoms with E-state index in [0.29, 0.717) is 35.3 Å². The molecule has 1 aliphatic heterocycles. The average molecular weight is 370 g/mol. The van der Waals surface area contributed by atoms with Crippen molar-refractivity contribution in [1.29, 1.82) is 0 Å². The van der Waals surface area contributed by atoms with Gasteiger partial charge in [-0.25, -0.2) is 8.78 Å².